The fraction of sp³-hybridized carbons (Fsp3) is 0.281. The number of nitrogens with zero attached hydrogens (tertiary/aromatic N) is 6. The van der Waals surface area contributed by atoms with E-state index in [1.54, 1.807) is 38.7 Å². The molecule has 0 saturated heterocycles. The Labute approximate surface area is 468 Å². The Kier molecular flexibility index (Phi) is 22.1. The molecule has 25 heteroatoms. The van der Waals surface area contributed by atoms with Crippen LogP contribution in [-0.4, -0.2) is 73.4 Å². The summed E-state index contributed by atoms with van der Waals surface area (Å²) < 4.78 is 105. The van der Waals surface area contributed by atoms with Crippen LogP contribution in [0.5, 0.6) is 0 Å². The van der Waals surface area contributed by atoms with Crippen molar-refractivity contribution in [3.63, 3.8) is 0 Å². The van der Waals surface area contributed by atoms with E-state index in [2.05, 4.69) is 20.6 Å². The summed E-state index contributed by atoms with van der Waals surface area (Å²) >= 11 is 12.8. The zero-order valence-corrected chi connectivity index (χ0v) is 45.1. The number of carbonyl (C=O) groups excluding carboxylic acids is 1. The van der Waals surface area contributed by atoms with Crippen LogP contribution in [0, 0.1) is 11.3 Å². The Morgan fingerprint density at radius 2 is 1.51 bits per heavy atom. The van der Waals surface area contributed by atoms with Crippen molar-refractivity contribution in [3.8, 4) is 11.8 Å². The average Bonchev–Trinajstić information content (AvgIpc) is 3.43. The van der Waals surface area contributed by atoms with E-state index in [1.807, 2.05) is 6.07 Å². The second-order valence-electron chi connectivity index (χ2n) is 12.5. The minimum atomic E-state index is -4.97. The van der Waals surface area contributed by atoms with Crippen LogP contribution in [-0.2, 0) is 35.8 Å². The van der Waals surface area contributed by atoms with Crippen molar-refractivity contribution in [1.29, 1.82) is 5.26 Å². The van der Waals surface area contributed by atoms with Crippen molar-refractivity contribution in [2.45, 2.75) is 49.3 Å². The molecule has 0 saturated carbocycles. The Balaban J connectivity index is 0.00000541. The van der Waals surface area contributed by atoms with E-state index >= 15 is 0 Å². The number of carbonyl (C=O) groups is 1. The fourth-order valence-corrected chi connectivity index (χ4v) is 7.37. The molecule has 1 aromatic heterocycles. The standard InChI is InChI=1S/C32H33Cl2N7O10S3.3K/c1-5-40(12-7-13-52(43,44)45)20-10-11-26(27(15-20)36-31(42)19-8-6-9-21(14-19)53(46,47)48)37-38-30-23(18-35)29(32(2,3)4)39-41(30)28-24(33)16-22(17-25(28)34)54(49,50)51;;;/h6,8-11,14-17H,5,7,12-13H2,1-4H3,(H,36,42)(H,43,44,45)(H,46,47,48)(H,49,50,51);;;/q;3*+1/p-3. The second kappa shape index (κ2) is 22.7. The summed E-state index contributed by atoms with van der Waals surface area (Å²) in [7, 11) is -14.4. The zero-order chi connectivity index (χ0) is 40.4. The summed E-state index contributed by atoms with van der Waals surface area (Å²) in [5, 5.41) is 25.3. The van der Waals surface area contributed by atoms with Crippen molar-refractivity contribution in [2.24, 2.45) is 10.2 Å². The third-order valence-electron chi connectivity index (χ3n) is 7.61. The molecule has 0 unspecified atom stereocenters. The van der Waals surface area contributed by atoms with Crippen LogP contribution < -0.4 is 164 Å². The molecule has 17 nitrogen and oxygen atoms in total. The Hall–Kier alpha value is 0.449. The van der Waals surface area contributed by atoms with Crippen molar-refractivity contribution >= 4 is 82.3 Å². The van der Waals surface area contributed by atoms with Gasteiger partial charge >= 0.3 is 154 Å². The van der Waals surface area contributed by atoms with Gasteiger partial charge in [-0.25, -0.2) is 29.9 Å². The largest absolute Gasteiger partial charge is 1.00 e. The van der Waals surface area contributed by atoms with Gasteiger partial charge in [0.2, 0.25) is 0 Å². The first-order valence-corrected chi connectivity index (χ1v) is 20.7. The molecule has 288 valence electrons. The third kappa shape index (κ3) is 15.1. The van der Waals surface area contributed by atoms with E-state index in [0.29, 0.717) is 12.2 Å². The van der Waals surface area contributed by atoms with Gasteiger partial charge in [-0.3, -0.25) is 4.79 Å². The molecule has 0 bridgehead atoms. The van der Waals surface area contributed by atoms with E-state index in [4.69, 9.17) is 23.2 Å². The van der Waals surface area contributed by atoms with Crippen molar-refractivity contribution < 1.29 is 198 Å². The van der Waals surface area contributed by atoms with Crippen molar-refractivity contribution in [3.05, 3.63) is 81.5 Å². The van der Waals surface area contributed by atoms with Crippen molar-refractivity contribution in [2.75, 3.05) is 29.1 Å². The molecule has 0 aliphatic rings. The van der Waals surface area contributed by atoms with Gasteiger partial charge < -0.3 is 23.9 Å². The molecule has 1 amide bonds. The number of halogens is 2. The van der Waals surface area contributed by atoms with Crippen LogP contribution in [0.4, 0.5) is 22.9 Å². The number of rotatable bonds is 13. The molecule has 0 fully saturated rings. The average molecular weight is 957 g/mol. The molecular formula is C32H30Cl2K3N7O10S3. The van der Waals surface area contributed by atoms with E-state index in [-0.39, 0.29) is 217 Å². The maximum absolute atomic E-state index is 13.4. The van der Waals surface area contributed by atoms with Gasteiger partial charge in [0.25, 0.3) is 5.91 Å². The van der Waals surface area contributed by atoms with Gasteiger partial charge in [0.15, 0.2) is 5.82 Å². The van der Waals surface area contributed by atoms with E-state index < -0.39 is 57.2 Å². The molecular weight excluding hydrogens is 927 g/mol. The number of azo groups is 1. The van der Waals surface area contributed by atoms with Crippen LogP contribution in [0.3, 0.4) is 0 Å². The number of nitriles is 1. The Bertz CT molecular complexity index is 2520. The van der Waals surface area contributed by atoms with Crippen LogP contribution in [0.2, 0.25) is 10.0 Å². The van der Waals surface area contributed by atoms with Gasteiger partial charge in [0.05, 0.1) is 41.3 Å². The van der Waals surface area contributed by atoms with Crippen LogP contribution >= 0.6 is 23.2 Å². The summed E-state index contributed by atoms with van der Waals surface area (Å²) in [4.78, 5) is 13.8. The number of hydrogen-bond donors (Lipinski definition) is 1. The molecule has 0 aliphatic heterocycles. The molecule has 0 atom stereocenters. The first-order chi connectivity index (χ1) is 24.9. The molecule has 0 radical (unpaired) electrons. The summed E-state index contributed by atoms with van der Waals surface area (Å²) in [6, 6.07) is 12.6. The molecule has 1 heterocycles. The van der Waals surface area contributed by atoms with Crippen molar-refractivity contribution in [1.82, 2.24) is 9.78 Å². The fourth-order valence-electron chi connectivity index (χ4n) is 5.07. The normalized spacial score (nSPS) is 11.9. The van der Waals surface area contributed by atoms with Gasteiger partial charge in [-0.15, -0.1) is 10.2 Å². The third-order valence-corrected chi connectivity index (χ3v) is 10.6. The minimum Gasteiger partial charge on any atom is -0.748 e. The van der Waals surface area contributed by atoms with Gasteiger partial charge in [-0.1, -0.05) is 50.0 Å². The van der Waals surface area contributed by atoms with Crippen LogP contribution in [0.1, 0.15) is 55.7 Å². The number of benzene rings is 3. The minimum absolute atomic E-state index is 0. The summed E-state index contributed by atoms with van der Waals surface area (Å²) in [6.07, 6.45) is -0.0107. The number of nitrogens with one attached hydrogen (secondary N) is 1. The Morgan fingerprint density at radius 3 is 2.02 bits per heavy atom. The van der Waals surface area contributed by atoms with E-state index in [0.717, 1.165) is 28.9 Å². The number of anilines is 2. The van der Waals surface area contributed by atoms with Gasteiger partial charge in [-0.05, 0) is 61.9 Å². The van der Waals surface area contributed by atoms with Gasteiger partial charge in [-0.2, -0.15) is 10.4 Å². The molecule has 0 spiro atoms. The summed E-state index contributed by atoms with van der Waals surface area (Å²) in [6.45, 7) is 7.49. The van der Waals surface area contributed by atoms with Gasteiger partial charge in [0.1, 0.15) is 43.2 Å². The molecule has 3 aromatic carbocycles. The number of hydrogen-bond acceptors (Lipinski definition) is 15. The topological polar surface area (TPSA) is 270 Å². The smallest absolute Gasteiger partial charge is 0.748 e. The molecule has 1 N–H and O–H groups in total. The molecule has 57 heavy (non-hydrogen) atoms. The van der Waals surface area contributed by atoms with E-state index in [9.17, 15) is 49.0 Å². The molecule has 4 rings (SSSR count). The molecule has 4 aromatic rings. The first kappa shape index (κ1) is 55.5. The SMILES string of the molecule is CCN(CCCS(=O)(=O)[O-])c1ccc(N=Nc2c(C#N)c(C(C)(C)C)nn2-c2c(Cl)cc(S(=O)(=O)[O-])cc2Cl)c(NC(=O)c2cccc(S(=O)(=O)[O-])c2)c1.[K+].[K+].[K+]. The zero-order valence-electron chi connectivity index (χ0n) is 31.8. The quantitative estimate of drug-likeness (QED) is 0.0779. The van der Waals surface area contributed by atoms with Crippen LogP contribution in [0.15, 0.2) is 74.6 Å². The number of amides is 1. The summed E-state index contributed by atoms with van der Waals surface area (Å²) in [5.41, 5.74) is -0.603. The molecule has 0 aliphatic carbocycles. The summed E-state index contributed by atoms with van der Waals surface area (Å²) in [5.74, 6) is -1.71. The monoisotopic (exact) mass is 955 g/mol. The predicted octanol–water partition coefficient (Wildman–Crippen LogP) is -3.40. The first-order valence-electron chi connectivity index (χ1n) is 15.5. The predicted molar refractivity (Wildman–Crippen MR) is 195 cm³/mol. The van der Waals surface area contributed by atoms with Crippen LogP contribution in [0.25, 0.3) is 5.69 Å². The maximum Gasteiger partial charge on any atom is 1.00 e. The Morgan fingerprint density at radius 1 is 0.912 bits per heavy atom. The van der Waals surface area contributed by atoms with E-state index in [1.165, 1.54) is 24.3 Å². The number of aromatic nitrogens is 2. The second-order valence-corrected chi connectivity index (χ2v) is 17.6. The maximum atomic E-state index is 13.4. The van der Waals surface area contributed by atoms with Gasteiger partial charge in [0, 0.05) is 35.5 Å².